The molecule has 1 rings (SSSR count). The first-order valence-corrected chi connectivity index (χ1v) is 8.13. The van der Waals surface area contributed by atoms with Gasteiger partial charge in [-0.2, -0.15) is 0 Å². The van der Waals surface area contributed by atoms with Crippen molar-refractivity contribution in [2.45, 2.75) is 25.7 Å². The maximum Gasteiger partial charge on any atom is 0.240 e. The quantitative estimate of drug-likeness (QED) is 0.787. The molecule has 0 fully saturated rings. The smallest absolute Gasteiger partial charge is 0.240 e. The van der Waals surface area contributed by atoms with Crippen LogP contribution < -0.4 is 10.5 Å². The lowest BCUT2D eigenvalue weighted by Gasteiger charge is -2.16. The summed E-state index contributed by atoms with van der Waals surface area (Å²) in [6.07, 6.45) is 0. The third kappa shape index (κ3) is 4.22. The highest BCUT2D eigenvalue weighted by atomic mass is 32.2. The normalized spacial score (nSPS) is 13.4. The monoisotopic (exact) mass is 318 g/mol. The summed E-state index contributed by atoms with van der Waals surface area (Å²) in [5.41, 5.74) is 5.30. The molecule has 112 valence electrons. The van der Waals surface area contributed by atoms with E-state index in [4.69, 9.17) is 18.0 Å². The summed E-state index contributed by atoms with van der Waals surface area (Å²) in [7, 11) is -3.69. The van der Waals surface area contributed by atoms with Crippen molar-refractivity contribution < 1.29 is 12.8 Å². The lowest BCUT2D eigenvalue weighted by molar-refractivity contribution is 0.414. The van der Waals surface area contributed by atoms with Crippen LogP contribution in [0.1, 0.15) is 26.3 Å². The van der Waals surface area contributed by atoms with Gasteiger partial charge in [-0.25, -0.2) is 17.5 Å². The number of hydrogen-bond acceptors (Lipinski definition) is 3. The summed E-state index contributed by atoms with van der Waals surface area (Å²) >= 11 is 4.70. The molecule has 1 unspecified atom stereocenters. The van der Waals surface area contributed by atoms with E-state index < -0.39 is 15.8 Å². The topological polar surface area (TPSA) is 72.2 Å². The summed E-state index contributed by atoms with van der Waals surface area (Å²) < 4.78 is 40.2. The summed E-state index contributed by atoms with van der Waals surface area (Å²) in [5.74, 6) is -0.0784. The van der Waals surface area contributed by atoms with Crippen molar-refractivity contribution in [1.29, 1.82) is 0 Å². The molecule has 20 heavy (non-hydrogen) atoms. The molecule has 0 spiro atoms. The molecule has 0 heterocycles. The highest BCUT2D eigenvalue weighted by Gasteiger charge is 2.18. The number of benzene rings is 1. The fraction of sp³-hybridized carbons (Fsp3) is 0.462. The van der Waals surface area contributed by atoms with E-state index in [0.717, 1.165) is 12.1 Å². The molecule has 0 bridgehead atoms. The average Bonchev–Trinajstić information content (AvgIpc) is 2.35. The zero-order valence-corrected chi connectivity index (χ0v) is 13.3. The lowest BCUT2D eigenvalue weighted by atomic mass is 9.99. The molecule has 0 saturated heterocycles. The van der Waals surface area contributed by atoms with Crippen molar-refractivity contribution in [1.82, 2.24) is 4.72 Å². The van der Waals surface area contributed by atoms with Gasteiger partial charge in [-0.15, -0.1) is 0 Å². The van der Waals surface area contributed by atoms with Crippen LogP contribution in [0, 0.1) is 17.7 Å². The third-order valence-corrected chi connectivity index (χ3v) is 4.89. The number of hydrogen-bond donors (Lipinski definition) is 2. The Morgan fingerprint density at radius 2 is 2.00 bits per heavy atom. The molecular weight excluding hydrogens is 299 g/mol. The summed E-state index contributed by atoms with van der Waals surface area (Å²) in [6, 6.07) is 3.40. The zero-order valence-electron chi connectivity index (χ0n) is 11.7. The summed E-state index contributed by atoms with van der Waals surface area (Å²) in [5, 5.41) is 0. The second-order valence-corrected chi connectivity index (χ2v) is 7.29. The number of rotatable bonds is 6. The number of halogens is 1. The Hall–Kier alpha value is -1.05. The van der Waals surface area contributed by atoms with Gasteiger partial charge in [0.2, 0.25) is 10.0 Å². The van der Waals surface area contributed by atoms with E-state index in [9.17, 15) is 12.8 Å². The second-order valence-electron chi connectivity index (χ2n) is 5.08. The van der Waals surface area contributed by atoms with Gasteiger partial charge in [-0.1, -0.05) is 33.0 Å². The minimum absolute atomic E-state index is 0.0438. The first kappa shape index (κ1) is 17.0. The highest BCUT2D eigenvalue weighted by molar-refractivity contribution is 7.89. The molecule has 0 saturated carbocycles. The standard InChI is InChI=1S/C13H19FN2O2S2/c1-8(2)9(3)7-16-20(17,18)10-4-5-12(14)11(6-10)13(15)19/h4-6,8-9,16H,7H2,1-3H3,(H2,15,19). The molecule has 4 nitrogen and oxygen atoms in total. The summed E-state index contributed by atoms with van der Waals surface area (Å²) in [6.45, 7) is 6.31. The second kappa shape index (κ2) is 6.60. The van der Waals surface area contributed by atoms with E-state index in [0.29, 0.717) is 12.5 Å². The van der Waals surface area contributed by atoms with Crippen LogP contribution in [0.4, 0.5) is 4.39 Å². The van der Waals surface area contributed by atoms with E-state index >= 15 is 0 Å². The minimum Gasteiger partial charge on any atom is -0.389 e. The van der Waals surface area contributed by atoms with Crippen molar-refractivity contribution in [3.8, 4) is 0 Å². The van der Waals surface area contributed by atoms with Gasteiger partial charge >= 0.3 is 0 Å². The molecule has 7 heteroatoms. The van der Waals surface area contributed by atoms with Gasteiger partial charge in [0.05, 0.1) is 4.90 Å². The van der Waals surface area contributed by atoms with Crippen molar-refractivity contribution in [2.75, 3.05) is 6.54 Å². The molecule has 0 aromatic heterocycles. The van der Waals surface area contributed by atoms with Crippen molar-refractivity contribution in [2.24, 2.45) is 17.6 Å². The van der Waals surface area contributed by atoms with Gasteiger partial charge in [0.25, 0.3) is 0 Å². The molecule has 1 aromatic carbocycles. The Morgan fingerprint density at radius 3 is 2.50 bits per heavy atom. The molecular formula is C13H19FN2O2S2. The maximum atomic E-state index is 13.4. The van der Waals surface area contributed by atoms with E-state index in [2.05, 4.69) is 4.72 Å². The van der Waals surface area contributed by atoms with Gasteiger partial charge in [0, 0.05) is 12.1 Å². The first-order chi connectivity index (χ1) is 9.15. The van der Waals surface area contributed by atoms with Crippen LogP contribution in [-0.4, -0.2) is 20.0 Å². The van der Waals surface area contributed by atoms with Crippen LogP contribution in [0.15, 0.2) is 23.1 Å². The summed E-state index contributed by atoms with van der Waals surface area (Å²) in [4.78, 5) is -0.215. The van der Waals surface area contributed by atoms with Gasteiger partial charge in [0.1, 0.15) is 10.8 Å². The number of sulfonamides is 1. The van der Waals surface area contributed by atoms with E-state index in [1.165, 1.54) is 6.07 Å². The largest absolute Gasteiger partial charge is 0.389 e. The van der Waals surface area contributed by atoms with E-state index in [-0.39, 0.29) is 21.4 Å². The van der Waals surface area contributed by atoms with Gasteiger partial charge < -0.3 is 5.73 Å². The fourth-order valence-electron chi connectivity index (χ4n) is 1.42. The Bertz CT molecular complexity index is 600. The molecule has 0 aliphatic carbocycles. The van der Waals surface area contributed by atoms with Crippen molar-refractivity contribution in [3.63, 3.8) is 0 Å². The molecule has 1 atom stereocenters. The Morgan fingerprint density at radius 1 is 1.40 bits per heavy atom. The maximum absolute atomic E-state index is 13.4. The van der Waals surface area contributed by atoms with Gasteiger partial charge in [-0.05, 0) is 30.0 Å². The fourth-order valence-corrected chi connectivity index (χ4v) is 2.75. The molecule has 0 amide bonds. The molecule has 1 aromatic rings. The van der Waals surface area contributed by atoms with Crippen molar-refractivity contribution in [3.05, 3.63) is 29.6 Å². The molecule has 0 radical (unpaired) electrons. The predicted octanol–water partition coefficient (Wildman–Crippen LogP) is 2.03. The SMILES string of the molecule is CC(C)C(C)CNS(=O)(=O)c1ccc(F)c(C(N)=S)c1. The Balaban J connectivity index is 2.99. The van der Waals surface area contributed by atoms with Crippen LogP contribution in [0.3, 0.4) is 0 Å². The van der Waals surface area contributed by atoms with Gasteiger partial charge in [0.15, 0.2) is 0 Å². The van der Waals surface area contributed by atoms with Crippen LogP contribution in [-0.2, 0) is 10.0 Å². The number of nitrogens with two attached hydrogens (primary N) is 1. The predicted molar refractivity (Wildman–Crippen MR) is 81.5 cm³/mol. The van der Waals surface area contributed by atoms with Crippen LogP contribution in [0.2, 0.25) is 0 Å². The Kier molecular flexibility index (Phi) is 5.61. The zero-order chi connectivity index (χ0) is 15.5. The third-order valence-electron chi connectivity index (χ3n) is 3.25. The highest BCUT2D eigenvalue weighted by Crippen LogP contribution is 2.16. The van der Waals surface area contributed by atoms with Crippen LogP contribution in [0.25, 0.3) is 0 Å². The van der Waals surface area contributed by atoms with E-state index in [1.54, 1.807) is 0 Å². The average molecular weight is 318 g/mol. The number of thiocarbonyl (C=S) groups is 1. The van der Waals surface area contributed by atoms with E-state index in [1.807, 2.05) is 20.8 Å². The first-order valence-electron chi connectivity index (χ1n) is 6.24. The Labute approximate surface area is 124 Å². The van der Waals surface area contributed by atoms with Crippen LogP contribution in [0.5, 0.6) is 0 Å². The van der Waals surface area contributed by atoms with Crippen molar-refractivity contribution >= 4 is 27.2 Å². The van der Waals surface area contributed by atoms with Crippen LogP contribution >= 0.6 is 12.2 Å². The van der Waals surface area contributed by atoms with Gasteiger partial charge in [-0.3, -0.25) is 0 Å². The molecule has 3 N–H and O–H groups in total. The molecule has 0 aliphatic heterocycles. The number of nitrogens with one attached hydrogen (secondary N) is 1. The molecule has 0 aliphatic rings. The minimum atomic E-state index is -3.69. The lowest BCUT2D eigenvalue weighted by Crippen LogP contribution is -2.30.